The Labute approximate surface area is 183 Å². The smallest absolute Gasteiger partial charge is 0.262 e. The van der Waals surface area contributed by atoms with E-state index in [-0.39, 0.29) is 23.3 Å². The molecule has 3 rings (SSSR count). The molecule has 0 spiro atoms. The molecular formula is C22H24BrN3O2S. The van der Waals surface area contributed by atoms with Crippen LogP contribution in [0.4, 0.5) is 0 Å². The Balaban J connectivity index is 1.82. The van der Waals surface area contributed by atoms with Crippen LogP contribution in [0.1, 0.15) is 31.9 Å². The highest BCUT2D eigenvalue weighted by atomic mass is 79.9. The van der Waals surface area contributed by atoms with Crippen molar-refractivity contribution in [3.05, 3.63) is 68.9 Å². The lowest BCUT2D eigenvalue weighted by Crippen LogP contribution is -2.31. The zero-order chi connectivity index (χ0) is 21.0. The number of fused-ring (bicyclic) bond motifs is 1. The molecule has 0 saturated carbocycles. The second kappa shape index (κ2) is 9.59. The minimum absolute atomic E-state index is 0.000413. The van der Waals surface area contributed by atoms with Gasteiger partial charge in [-0.05, 0) is 37.1 Å². The normalized spacial score (nSPS) is 12.1. The fourth-order valence-electron chi connectivity index (χ4n) is 3.10. The first kappa shape index (κ1) is 21.6. The van der Waals surface area contributed by atoms with Crippen LogP contribution in [0.3, 0.4) is 0 Å². The van der Waals surface area contributed by atoms with Crippen LogP contribution in [0.2, 0.25) is 0 Å². The van der Waals surface area contributed by atoms with Gasteiger partial charge in [-0.3, -0.25) is 14.2 Å². The van der Waals surface area contributed by atoms with E-state index in [0.29, 0.717) is 22.6 Å². The predicted molar refractivity (Wildman–Crippen MR) is 122 cm³/mol. The van der Waals surface area contributed by atoms with E-state index in [1.807, 2.05) is 63.4 Å². The van der Waals surface area contributed by atoms with Gasteiger partial charge in [-0.25, -0.2) is 4.98 Å². The third-order valence-electron chi connectivity index (χ3n) is 4.91. The summed E-state index contributed by atoms with van der Waals surface area (Å²) in [5, 5.41) is 1.17. The fourth-order valence-corrected chi connectivity index (χ4v) is 4.41. The minimum Gasteiger partial charge on any atom is -0.338 e. The lowest BCUT2D eigenvalue weighted by atomic mass is 10.1. The zero-order valence-corrected chi connectivity index (χ0v) is 19.2. The fraction of sp³-hybridized carbons (Fsp3) is 0.318. The molecule has 1 heterocycles. The molecule has 0 N–H and O–H groups in total. The molecule has 3 aromatic rings. The molecule has 29 heavy (non-hydrogen) atoms. The predicted octanol–water partition coefficient (Wildman–Crippen LogP) is 4.88. The number of amides is 1. The molecule has 0 fully saturated rings. The van der Waals surface area contributed by atoms with Crippen molar-refractivity contribution >= 4 is 44.5 Å². The number of hydrogen-bond acceptors (Lipinski definition) is 4. The van der Waals surface area contributed by atoms with Gasteiger partial charge in [0, 0.05) is 18.1 Å². The second-order valence-corrected chi connectivity index (χ2v) is 8.75. The Morgan fingerprint density at radius 2 is 1.97 bits per heavy atom. The molecule has 1 amide bonds. The van der Waals surface area contributed by atoms with Crippen LogP contribution in [0.15, 0.2) is 63.0 Å². The number of halogens is 1. The largest absolute Gasteiger partial charge is 0.338 e. The van der Waals surface area contributed by atoms with E-state index in [1.165, 1.54) is 11.8 Å². The number of benzene rings is 2. The van der Waals surface area contributed by atoms with Gasteiger partial charge in [0.15, 0.2) is 5.16 Å². The maximum Gasteiger partial charge on any atom is 0.262 e. The number of rotatable bonds is 7. The molecule has 1 aromatic heterocycles. The molecule has 1 unspecified atom stereocenters. The first-order valence-corrected chi connectivity index (χ1v) is 11.3. The van der Waals surface area contributed by atoms with Crippen LogP contribution in [0.5, 0.6) is 0 Å². The van der Waals surface area contributed by atoms with Crippen molar-refractivity contribution in [2.24, 2.45) is 0 Å². The van der Waals surface area contributed by atoms with Crippen LogP contribution in [-0.2, 0) is 11.3 Å². The molecular weight excluding hydrogens is 450 g/mol. The minimum atomic E-state index is -0.0703. The van der Waals surface area contributed by atoms with E-state index < -0.39 is 0 Å². The van der Waals surface area contributed by atoms with Crippen LogP contribution >= 0.6 is 27.7 Å². The highest BCUT2D eigenvalue weighted by Gasteiger charge is 2.19. The van der Waals surface area contributed by atoms with Gasteiger partial charge in [-0.1, -0.05) is 64.9 Å². The number of nitrogens with zero attached hydrogens (tertiary/aromatic N) is 3. The second-order valence-electron chi connectivity index (χ2n) is 6.89. The van der Waals surface area contributed by atoms with Gasteiger partial charge in [0.25, 0.3) is 5.56 Å². The molecule has 2 aromatic carbocycles. The Morgan fingerprint density at radius 1 is 1.24 bits per heavy atom. The molecule has 0 aliphatic rings. The van der Waals surface area contributed by atoms with E-state index in [9.17, 15) is 9.59 Å². The van der Waals surface area contributed by atoms with E-state index in [2.05, 4.69) is 20.9 Å². The van der Waals surface area contributed by atoms with Crippen molar-refractivity contribution in [1.29, 1.82) is 0 Å². The van der Waals surface area contributed by atoms with Gasteiger partial charge in [-0.2, -0.15) is 0 Å². The van der Waals surface area contributed by atoms with Crippen molar-refractivity contribution < 1.29 is 4.79 Å². The molecule has 152 valence electrons. The summed E-state index contributed by atoms with van der Waals surface area (Å²) in [7, 11) is 1.81. The van der Waals surface area contributed by atoms with Gasteiger partial charge in [-0.15, -0.1) is 0 Å². The van der Waals surface area contributed by atoms with E-state index in [4.69, 9.17) is 0 Å². The average molecular weight is 474 g/mol. The number of carbonyl (C=O) groups is 1. The average Bonchev–Trinajstić information content (AvgIpc) is 2.74. The van der Waals surface area contributed by atoms with Gasteiger partial charge in [0.1, 0.15) is 0 Å². The van der Waals surface area contributed by atoms with Crippen molar-refractivity contribution in [2.75, 3.05) is 12.8 Å². The highest BCUT2D eigenvalue weighted by Crippen LogP contribution is 2.23. The number of carbonyl (C=O) groups excluding carboxylic acids is 1. The summed E-state index contributed by atoms with van der Waals surface area (Å²) < 4.78 is 2.52. The summed E-state index contributed by atoms with van der Waals surface area (Å²) in [6.45, 7) is 4.60. The van der Waals surface area contributed by atoms with Crippen molar-refractivity contribution in [1.82, 2.24) is 14.5 Å². The third-order valence-corrected chi connectivity index (χ3v) is 6.36. The van der Waals surface area contributed by atoms with E-state index in [1.54, 1.807) is 15.5 Å². The Kier molecular flexibility index (Phi) is 7.14. The SMILES string of the molecule is CCCn1c(SCC(=O)N(C)C(C)c2ccccc2)nc2ccc(Br)cc2c1=O. The monoisotopic (exact) mass is 473 g/mol. The number of hydrogen-bond donors (Lipinski definition) is 0. The lowest BCUT2D eigenvalue weighted by molar-refractivity contribution is -0.128. The van der Waals surface area contributed by atoms with E-state index >= 15 is 0 Å². The lowest BCUT2D eigenvalue weighted by Gasteiger charge is -2.25. The van der Waals surface area contributed by atoms with Crippen LogP contribution in [0, 0.1) is 0 Å². The van der Waals surface area contributed by atoms with Crippen LogP contribution in [-0.4, -0.2) is 33.2 Å². The van der Waals surface area contributed by atoms with Gasteiger partial charge >= 0.3 is 0 Å². The molecule has 0 radical (unpaired) electrons. The first-order chi connectivity index (χ1) is 13.9. The van der Waals surface area contributed by atoms with Gasteiger partial charge < -0.3 is 4.90 Å². The van der Waals surface area contributed by atoms with Crippen molar-refractivity contribution in [3.63, 3.8) is 0 Å². The van der Waals surface area contributed by atoms with Crippen LogP contribution < -0.4 is 5.56 Å². The maximum absolute atomic E-state index is 13.0. The van der Waals surface area contributed by atoms with Crippen molar-refractivity contribution in [2.45, 2.75) is 38.0 Å². The molecule has 0 bridgehead atoms. The Hall–Kier alpha value is -2.12. The highest BCUT2D eigenvalue weighted by molar-refractivity contribution is 9.10. The quantitative estimate of drug-likeness (QED) is 0.362. The number of thioether (sulfide) groups is 1. The number of aromatic nitrogens is 2. The summed E-state index contributed by atoms with van der Waals surface area (Å²) in [6.07, 6.45) is 0.813. The summed E-state index contributed by atoms with van der Waals surface area (Å²) in [5.74, 6) is 0.228. The standard InChI is InChI=1S/C22H24BrN3O2S/c1-4-12-26-21(28)18-13-17(23)10-11-19(18)24-22(26)29-14-20(27)25(3)15(2)16-8-6-5-7-9-16/h5-11,13,15H,4,12,14H2,1-3H3. The molecule has 1 atom stereocenters. The molecule has 0 saturated heterocycles. The molecule has 5 nitrogen and oxygen atoms in total. The molecule has 0 aliphatic carbocycles. The molecule has 7 heteroatoms. The zero-order valence-electron chi connectivity index (χ0n) is 16.8. The Bertz CT molecular complexity index is 1070. The Morgan fingerprint density at radius 3 is 2.66 bits per heavy atom. The van der Waals surface area contributed by atoms with Crippen LogP contribution in [0.25, 0.3) is 10.9 Å². The molecule has 0 aliphatic heterocycles. The first-order valence-electron chi connectivity index (χ1n) is 9.56. The maximum atomic E-state index is 13.0. The van der Waals surface area contributed by atoms with Gasteiger partial charge in [0.05, 0.1) is 22.7 Å². The van der Waals surface area contributed by atoms with E-state index in [0.717, 1.165) is 16.5 Å². The summed E-state index contributed by atoms with van der Waals surface area (Å²) in [6, 6.07) is 15.4. The summed E-state index contributed by atoms with van der Waals surface area (Å²) in [4.78, 5) is 32.1. The summed E-state index contributed by atoms with van der Waals surface area (Å²) >= 11 is 4.73. The van der Waals surface area contributed by atoms with Crippen molar-refractivity contribution in [3.8, 4) is 0 Å². The summed E-state index contributed by atoms with van der Waals surface area (Å²) in [5.41, 5.74) is 1.66. The topological polar surface area (TPSA) is 55.2 Å². The third kappa shape index (κ3) is 4.90. The van der Waals surface area contributed by atoms with Gasteiger partial charge in [0.2, 0.25) is 5.91 Å².